The van der Waals surface area contributed by atoms with E-state index in [4.69, 9.17) is 4.74 Å². The topological polar surface area (TPSA) is 61.8 Å². The molecule has 0 aliphatic carbocycles. The lowest BCUT2D eigenvalue weighted by molar-refractivity contribution is -0.253. The third-order valence-corrected chi connectivity index (χ3v) is 4.06. The lowest BCUT2D eigenvalue weighted by Crippen LogP contribution is -2.49. The molecular weight excluding hydrogens is 301 g/mol. The SMILES string of the molecule is O=C(N[C@H]1COc2ccccc21)N1CC[C@](O)(C(F)(F)F)C1. The molecule has 8 heteroatoms. The Bertz CT molecular complexity index is 593. The molecule has 0 unspecified atom stereocenters. The van der Waals surface area contributed by atoms with Gasteiger partial charge in [-0.3, -0.25) is 0 Å². The number of hydrogen-bond donors (Lipinski definition) is 2. The second kappa shape index (κ2) is 5.05. The second-order valence-electron chi connectivity index (χ2n) is 5.55. The number of aliphatic hydroxyl groups is 1. The number of ether oxygens (including phenoxy) is 1. The smallest absolute Gasteiger partial charge is 0.419 e. The maximum absolute atomic E-state index is 12.8. The molecule has 2 heterocycles. The quantitative estimate of drug-likeness (QED) is 0.831. The molecule has 1 aromatic carbocycles. The Morgan fingerprint density at radius 3 is 2.82 bits per heavy atom. The molecule has 2 N–H and O–H groups in total. The molecule has 2 aliphatic rings. The van der Waals surface area contributed by atoms with Crippen molar-refractivity contribution in [3.8, 4) is 5.75 Å². The first-order chi connectivity index (χ1) is 10.3. The molecule has 0 saturated carbocycles. The average Bonchev–Trinajstić information content (AvgIpc) is 3.04. The number of fused-ring (bicyclic) bond motifs is 1. The molecule has 2 amide bonds. The van der Waals surface area contributed by atoms with E-state index in [9.17, 15) is 23.1 Å². The Labute approximate surface area is 124 Å². The van der Waals surface area contributed by atoms with Gasteiger partial charge >= 0.3 is 12.2 Å². The van der Waals surface area contributed by atoms with Crippen LogP contribution in [0.5, 0.6) is 5.75 Å². The summed E-state index contributed by atoms with van der Waals surface area (Å²) in [5.41, 5.74) is -2.03. The van der Waals surface area contributed by atoms with Crippen molar-refractivity contribution in [1.29, 1.82) is 0 Å². The number of nitrogens with zero attached hydrogens (tertiary/aromatic N) is 1. The van der Waals surface area contributed by atoms with Gasteiger partial charge in [0.05, 0.1) is 12.6 Å². The van der Waals surface area contributed by atoms with E-state index < -0.39 is 36.8 Å². The number of urea groups is 1. The summed E-state index contributed by atoms with van der Waals surface area (Å²) in [4.78, 5) is 13.1. The summed E-state index contributed by atoms with van der Waals surface area (Å²) in [6, 6.07) is 6.12. The van der Waals surface area contributed by atoms with Crippen molar-refractivity contribution in [2.75, 3.05) is 19.7 Å². The number of hydrogen-bond acceptors (Lipinski definition) is 3. The largest absolute Gasteiger partial charge is 0.491 e. The van der Waals surface area contributed by atoms with Crippen molar-refractivity contribution < 1.29 is 27.8 Å². The molecule has 22 heavy (non-hydrogen) atoms. The van der Waals surface area contributed by atoms with E-state index in [1.165, 1.54) is 0 Å². The molecule has 0 radical (unpaired) electrons. The average molecular weight is 316 g/mol. The summed E-state index contributed by atoms with van der Waals surface area (Å²) >= 11 is 0. The zero-order valence-corrected chi connectivity index (χ0v) is 11.6. The minimum Gasteiger partial charge on any atom is -0.491 e. The summed E-state index contributed by atoms with van der Waals surface area (Å²) in [5, 5.41) is 12.2. The van der Waals surface area contributed by atoms with Gasteiger partial charge in [-0.05, 0) is 6.07 Å². The highest BCUT2D eigenvalue weighted by Crippen LogP contribution is 2.38. The Hall–Kier alpha value is -1.96. The lowest BCUT2D eigenvalue weighted by atomic mass is 10.0. The molecule has 120 valence electrons. The molecule has 0 spiro atoms. The van der Waals surface area contributed by atoms with E-state index in [0.29, 0.717) is 5.75 Å². The second-order valence-corrected chi connectivity index (χ2v) is 5.55. The van der Waals surface area contributed by atoms with E-state index in [-0.39, 0.29) is 13.2 Å². The molecule has 2 aliphatic heterocycles. The maximum Gasteiger partial charge on any atom is 0.419 e. The van der Waals surface area contributed by atoms with Gasteiger partial charge in [0.15, 0.2) is 5.60 Å². The van der Waals surface area contributed by atoms with Crippen LogP contribution in [0.4, 0.5) is 18.0 Å². The number of likely N-dealkylation sites (tertiary alicyclic amines) is 1. The predicted octanol–water partition coefficient (Wildman–Crippen LogP) is 1.83. The fourth-order valence-corrected chi connectivity index (χ4v) is 2.72. The van der Waals surface area contributed by atoms with Crippen molar-refractivity contribution >= 4 is 6.03 Å². The van der Waals surface area contributed by atoms with Crippen molar-refractivity contribution in [2.24, 2.45) is 0 Å². The maximum atomic E-state index is 12.8. The molecule has 1 aromatic rings. The highest BCUT2D eigenvalue weighted by atomic mass is 19.4. The molecule has 3 rings (SSSR count). The zero-order chi connectivity index (χ0) is 16.0. The first kappa shape index (κ1) is 15.0. The van der Waals surface area contributed by atoms with E-state index in [0.717, 1.165) is 10.5 Å². The van der Waals surface area contributed by atoms with Crippen LogP contribution >= 0.6 is 0 Å². The Morgan fingerprint density at radius 1 is 1.41 bits per heavy atom. The molecule has 5 nitrogen and oxygen atoms in total. The van der Waals surface area contributed by atoms with Crippen LogP contribution in [-0.4, -0.2) is 47.5 Å². The lowest BCUT2D eigenvalue weighted by Gasteiger charge is -2.26. The fourth-order valence-electron chi connectivity index (χ4n) is 2.72. The van der Waals surface area contributed by atoms with Crippen LogP contribution in [0.2, 0.25) is 0 Å². The Kier molecular flexibility index (Phi) is 3.43. The summed E-state index contributed by atoms with van der Waals surface area (Å²) < 4.78 is 43.7. The molecular formula is C14H15F3N2O3. The monoisotopic (exact) mass is 316 g/mol. The van der Waals surface area contributed by atoms with Gasteiger partial charge in [-0.15, -0.1) is 0 Å². The van der Waals surface area contributed by atoms with Crippen LogP contribution in [0.1, 0.15) is 18.0 Å². The number of nitrogens with one attached hydrogen (secondary N) is 1. The van der Waals surface area contributed by atoms with Gasteiger partial charge in [-0.1, -0.05) is 18.2 Å². The number of amides is 2. The summed E-state index contributed by atoms with van der Waals surface area (Å²) in [7, 11) is 0. The van der Waals surface area contributed by atoms with Crippen molar-refractivity contribution in [3.63, 3.8) is 0 Å². The highest BCUT2D eigenvalue weighted by Gasteiger charge is 2.57. The van der Waals surface area contributed by atoms with Crippen LogP contribution < -0.4 is 10.1 Å². The van der Waals surface area contributed by atoms with Gasteiger partial charge in [0.1, 0.15) is 12.4 Å². The third-order valence-electron chi connectivity index (χ3n) is 4.06. The predicted molar refractivity (Wildman–Crippen MR) is 70.4 cm³/mol. The van der Waals surface area contributed by atoms with Crippen LogP contribution in [-0.2, 0) is 0 Å². The van der Waals surface area contributed by atoms with Crippen LogP contribution in [0.15, 0.2) is 24.3 Å². The summed E-state index contributed by atoms with van der Waals surface area (Å²) in [5.74, 6) is 0.654. The van der Waals surface area contributed by atoms with Crippen molar-refractivity contribution in [3.05, 3.63) is 29.8 Å². The van der Waals surface area contributed by atoms with Gasteiger partial charge in [0.25, 0.3) is 0 Å². The van der Waals surface area contributed by atoms with Gasteiger partial charge in [-0.25, -0.2) is 4.79 Å². The number of carbonyl (C=O) groups excluding carboxylic acids is 1. The standard InChI is InChI=1S/C14H15F3N2O3/c15-14(16,17)13(21)5-6-19(8-13)12(20)18-10-7-22-11-4-2-1-3-9(10)11/h1-4,10,21H,5-8H2,(H,18,20)/t10-,13+/m0/s1. The summed E-state index contributed by atoms with van der Waals surface area (Å²) in [6.07, 6.45) is -5.26. The Morgan fingerprint density at radius 2 is 2.14 bits per heavy atom. The number of carbonyl (C=O) groups is 1. The first-order valence-corrected chi connectivity index (χ1v) is 6.86. The number of para-hydroxylation sites is 1. The van der Waals surface area contributed by atoms with Crippen LogP contribution in [0.3, 0.4) is 0 Å². The number of alkyl halides is 3. The number of halogens is 3. The number of rotatable bonds is 1. The van der Waals surface area contributed by atoms with Crippen molar-refractivity contribution in [2.45, 2.75) is 24.2 Å². The zero-order valence-electron chi connectivity index (χ0n) is 11.6. The third kappa shape index (κ3) is 2.47. The van der Waals surface area contributed by atoms with Crippen LogP contribution in [0, 0.1) is 0 Å². The molecule has 1 saturated heterocycles. The molecule has 1 fully saturated rings. The molecule has 0 bridgehead atoms. The van der Waals surface area contributed by atoms with E-state index in [1.807, 2.05) is 0 Å². The first-order valence-electron chi connectivity index (χ1n) is 6.86. The van der Waals surface area contributed by atoms with Crippen LogP contribution in [0.25, 0.3) is 0 Å². The van der Waals surface area contributed by atoms with Gasteiger partial charge < -0.3 is 20.1 Å². The summed E-state index contributed by atoms with van der Waals surface area (Å²) in [6.45, 7) is -0.656. The fraction of sp³-hybridized carbons (Fsp3) is 0.500. The van der Waals surface area contributed by atoms with Gasteiger partial charge in [-0.2, -0.15) is 13.2 Å². The number of benzene rings is 1. The minimum absolute atomic E-state index is 0.142. The van der Waals surface area contributed by atoms with Gasteiger partial charge in [0.2, 0.25) is 0 Å². The minimum atomic E-state index is -4.74. The number of β-amino-alcohol motifs (C(OH)–C–C–N with tert-alkyl or cyclic N) is 1. The van der Waals surface area contributed by atoms with Gasteiger partial charge in [0, 0.05) is 18.5 Å². The van der Waals surface area contributed by atoms with E-state index in [2.05, 4.69) is 5.32 Å². The normalized spacial score (nSPS) is 27.5. The Balaban J connectivity index is 1.65. The molecule has 2 atom stereocenters. The highest BCUT2D eigenvalue weighted by molar-refractivity contribution is 5.75. The van der Waals surface area contributed by atoms with E-state index >= 15 is 0 Å². The molecule has 0 aromatic heterocycles. The van der Waals surface area contributed by atoms with Crippen molar-refractivity contribution in [1.82, 2.24) is 10.2 Å². The van der Waals surface area contributed by atoms with E-state index in [1.54, 1.807) is 24.3 Å².